The van der Waals surface area contributed by atoms with Crippen molar-refractivity contribution in [2.24, 2.45) is 0 Å². The van der Waals surface area contributed by atoms with Gasteiger partial charge < -0.3 is 14.8 Å². The molecule has 112 valence electrons. The SMILES string of the molecule is COc1ccc(C=C2C(=O)Nc3ccc(I)cc32)c(OC)c1. The van der Waals surface area contributed by atoms with Gasteiger partial charge in [-0.05, 0) is 59.0 Å². The standard InChI is InChI=1S/C17H14INO3/c1-21-12-5-3-10(16(9-12)22-2)7-14-13-8-11(18)4-6-15(13)19-17(14)20/h3-9H,1-2H3,(H,19,20). The molecule has 1 N–H and O–H groups in total. The maximum absolute atomic E-state index is 12.2. The molecule has 4 nitrogen and oxygen atoms in total. The second-order valence-electron chi connectivity index (χ2n) is 4.81. The van der Waals surface area contributed by atoms with E-state index >= 15 is 0 Å². The average Bonchev–Trinajstić information content (AvgIpc) is 2.83. The minimum Gasteiger partial charge on any atom is -0.497 e. The molecule has 5 heteroatoms. The zero-order valence-corrected chi connectivity index (χ0v) is 14.3. The van der Waals surface area contributed by atoms with Gasteiger partial charge in [-0.1, -0.05) is 0 Å². The number of hydrogen-bond donors (Lipinski definition) is 1. The highest BCUT2D eigenvalue weighted by Gasteiger charge is 2.24. The predicted molar refractivity (Wildman–Crippen MR) is 95.2 cm³/mol. The smallest absolute Gasteiger partial charge is 0.256 e. The topological polar surface area (TPSA) is 47.6 Å². The number of carbonyl (C=O) groups is 1. The average molecular weight is 407 g/mol. The van der Waals surface area contributed by atoms with Gasteiger partial charge >= 0.3 is 0 Å². The van der Waals surface area contributed by atoms with Gasteiger partial charge in [-0.15, -0.1) is 0 Å². The number of ether oxygens (including phenoxy) is 2. The van der Waals surface area contributed by atoms with E-state index in [1.54, 1.807) is 20.3 Å². The summed E-state index contributed by atoms with van der Waals surface area (Å²) in [5.74, 6) is 1.28. The molecule has 0 atom stereocenters. The van der Waals surface area contributed by atoms with Gasteiger partial charge in [0, 0.05) is 32.0 Å². The van der Waals surface area contributed by atoms with Crippen molar-refractivity contribution in [2.45, 2.75) is 0 Å². The van der Waals surface area contributed by atoms with Crippen LogP contribution in [0.25, 0.3) is 11.6 Å². The van der Waals surface area contributed by atoms with E-state index in [2.05, 4.69) is 27.9 Å². The number of halogens is 1. The highest BCUT2D eigenvalue weighted by molar-refractivity contribution is 14.1. The maximum Gasteiger partial charge on any atom is 0.256 e. The van der Waals surface area contributed by atoms with Crippen molar-refractivity contribution in [1.29, 1.82) is 0 Å². The molecular formula is C17H14INO3. The molecule has 0 aliphatic carbocycles. The van der Waals surface area contributed by atoms with Gasteiger partial charge in [0.1, 0.15) is 11.5 Å². The molecular weight excluding hydrogens is 393 g/mol. The number of hydrogen-bond acceptors (Lipinski definition) is 3. The highest BCUT2D eigenvalue weighted by atomic mass is 127. The number of methoxy groups -OCH3 is 2. The van der Waals surface area contributed by atoms with Crippen molar-refractivity contribution in [2.75, 3.05) is 19.5 Å². The first-order chi connectivity index (χ1) is 10.6. The van der Waals surface area contributed by atoms with Crippen LogP contribution in [0.15, 0.2) is 36.4 Å². The summed E-state index contributed by atoms with van der Waals surface area (Å²) in [5, 5.41) is 2.88. The van der Waals surface area contributed by atoms with E-state index in [-0.39, 0.29) is 5.91 Å². The molecule has 22 heavy (non-hydrogen) atoms. The van der Waals surface area contributed by atoms with Crippen LogP contribution >= 0.6 is 22.6 Å². The van der Waals surface area contributed by atoms with Gasteiger partial charge in [0.25, 0.3) is 5.91 Å². The summed E-state index contributed by atoms with van der Waals surface area (Å²) in [6.07, 6.45) is 1.84. The van der Waals surface area contributed by atoms with Crippen molar-refractivity contribution in [3.8, 4) is 11.5 Å². The quantitative estimate of drug-likeness (QED) is 0.622. The van der Waals surface area contributed by atoms with E-state index in [1.807, 2.05) is 36.4 Å². The Morgan fingerprint density at radius 1 is 1.09 bits per heavy atom. The van der Waals surface area contributed by atoms with Crippen LogP contribution in [0.4, 0.5) is 5.69 Å². The van der Waals surface area contributed by atoms with Crippen LogP contribution in [-0.4, -0.2) is 20.1 Å². The fraction of sp³-hybridized carbons (Fsp3) is 0.118. The summed E-state index contributed by atoms with van der Waals surface area (Å²) < 4.78 is 11.7. The van der Waals surface area contributed by atoms with Crippen LogP contribution in [0.3, 0.4) is 0 Å². The molecule has 2 aromatic carbocycles. The molecule has 0 spiro atoms. The molecule has 1 heterocycles. The molecule has 0 bridgehead atoms. The zero-order valence-electron chi connectivity index (χ0n) is 12.1. The molecule has 0 radical (unpaired) electrons. The second kappa shape index (κ2) is 6.00. The number of benzene rings is 2. The molecule has 3 rings (SSSR count). The number of fused-ring (bicyclic) bond motifs is 1. The Hall–Kier alpha value is -2.02. The van der Waals surface area contributed by atoms with Crippen LogP contribution in [0.2, 0.25) is 0 Å². The molecule has 0 aromatic heterocycles. The third-order valence-electron chi connectivity index (χ3n) is 3.51. The van der Waals surface area contributed by atoms with E-state index in [1.165, 1.54) is 0 Å². The zero-order chi connectivity index (χ0) is 15.7. The van der Waals surface area contributed by atoms with Crippen LogP contribution in [-0.2, 0) is 4.79 Å². The van der Waals surface area contributed by atoms with Gasteiger partial charge in [-0.25, -0.2) is 0 Å². The van der Waals surface area contributed by atoms with Crippen LogP contribution in [0.1, 0.15) is 11.1 Å². The lowest BCUT2D eigenvalue weighted by Gasteiger charge is -2.08. The maximum atomic E-state index is 12.2. The van der Waals surface area contributed by atoms with Crippen molar-refractivity contribution in [3.05, 3.63) is 51.1 Å². The van der Waals surface area contributed by atoms with E-state index in [0.29, 0.717) is 17.1 Å². The van der Waals surface area contributed by atoms with Gasteiger partial charge in [0.15, 0.2) is 0 Å². The van der Waals surface area contributed by atoms with E-state index in [4.69, 9.17) is 9.47 Å². The lowest BCUT2D eigenvalue weighted by atomic mass is 10.0. The van der Waals surface area contributed by atoms with E-state index < -0.39 is 0 Å². The molecule has 0 saturated heterocycles. The largest absolute Gasteiger partial charge is 0.497 e. The third kappa shape index (κ3) is 2.68. The summed E-state index contributed by atoms with van der Waals surface area (Å²) in [4.78, 5) is 12.2. The van der Waals surface area contributed by atoms with Crippen LogP contribution < -0.4 is 14.8 Å². The van der Waals surface area contributed by atoms with Gasteiger partial charge in [-0.3, -0.25) is 4.79 Å². The lowest BCUT2D eigenvalue weighted by Crippen LogP contribution is -2.03. The van der Waals surface area contributed by atoms with Crippen molar-refractivity contribution in [3.63, 3.8) is 0 Å². The number of carbonyl (C=O) groups excluding carboxylic acids is 1. The number of rotatable bonds is 3. The van der Waals surface area contributed by atoms with E-state index in [0.717, 1.165) is 20.4 Å². The fourth-order valence-corrected chi connectivity index (χ4v) is 2.89. The number of amides is 1. The monoisotopic (exact) mass is 407 g/mol. The molecule has 0 unspecified atom stereocenters. The number of nitrogens with one attached hydrogen (secondary N) is 1. The molecule has 1 aliphatic heterocycles. The Morgan fingerprint density at radius 3 is 2.64 bits per heavy atom. The highest BCUT2D eigenvalue weighted by Crippen LogP contribution is 2.36. The Bertz CT molecular complexity index is 783. The summed E-state index contributed by atoms with van der Waals surface area (Å²) in [6.45, 7) is 0. The van der Waals surface area contributed by atoms with Crippen molar-refractivity contribution >= 4 is 45.8 Å². The van der Waals surface area contributed by atoms with Crippen LogP contribution in [0.5, 0.6) is 11.5 Å². The van der Waals surface area contributed by atoms with Crippen molar-refractivity contribution < 1.29 is 14.3 Å². The molecule has 1 amide bonds. The first-order valence-corrected chi connectivity index (χ1v) is 7.75. The first-order valence-electron chi connectivity index (χ1n) is 6.67. The van der Waals surface area contributed by atoms with Gasteiger partial charge in [-0.2, -0.15) is 0 Å². The third-order valence-corrected chi connectivity index (χ3v) is 4.18. The fourth-order valence-electron chi connectivity index (χ4n) is 2.40. The minimum absolute atomic E-state index is 0.102. The van der Waals surface area contributed by atoms with Crippen LogP contribution in [0, 0.1) is 3.57 Å². The molecule has 0 fully saturated rings. The Morgan fingerprint density at radius 2 is 1.91 bits per heavy atom. The lowest BCUT2D eigenvalue weighted by molar-refractivity contribution is -0.110. The van der Waals surface area contributed by atoms with Gasteiger partial charge in [0.2, 0.25) is 0 Å². The second-order valence-corrected chi connectivity index (χ2v) is 6.06. The Balaban J connectivity index is 2.10. The summed E-state index contributed by atoms with van der Waals surface area (Å²) in [6, 6.07) is 11.4. The van der Waals surface area contributed by atoms with Crippen molar-refractivity contribution in [1.82, 2.24) is 0 Å². The molecule has 1 aliphatic rings. The summed E-state index contributed by atoms with van der Waals surface area (Å²) in [7, 11) is 3.21. The normalized spacial score (nSPS) is 14.7. The Kier molecular flexibility index (Phi) is 4.06. The summed E-state index contributed by atoms with van der Waals surface area (Å²) in [5.41, 5.74) is 3.22. The molecule has 0 saturated carbocycles. The Labute approximate surface area is 142 Å². The van der Waals surface area contributed by atoms with E-state index in [9.17, 15) is 4.79 Å². The predicted octanol–water partition coefficient (Wildman–Crippen LogP) is 3.80. The summed E-state index contributed by atoms with van der Waals surface area (Å²) >= 11 is 2.24. The molecule has 2 aromatic rings. The number of anilines is 1. The first kappa shape index (κ1) is 14.9. The minimum atomic E-state index is -0.102. The van der Waals surface area contributed by atoms with Gasteiger partial charge in [0.05, 0.1) is 14.2 Å².